The van der Waals surface area contributed by atoms with Crippen molar-refractivity contribution in [2.45, 2.75) is 25.4 Å². The van der Waals surface area contributed by atoms with Crippen LogP contribution in [0.25, 0.3) is 5.69 Å². The van der Waals surface area contributed by atoms with Crippen molar-refractivity contribution in [1.29, 1.82) is 0 Å². The number of hydrogen-bond acceptors (Lipinski definition) is 7. The molecule has 27 heavy (non-hydrogen) atoms. The second-order valence-corrected chi connectivity index (χ2v) is 6.09. The van der Waals surface area contributed by atoms with E-state index in [4.69, 9.17) is 4.74 Å². The second kappa shape index (κ2) is 8.83. The molecule has 1 N–H and O–H groups in total. The van der Waals surface area contributed by atoms with Crippen LogP contribution in [0, 0.1) is 5.82 Å². The van der Waals surface area contributed by atoms with Gasteiger partial charge in [0.1, 0.15) is 18.8 Å². The number of hydrogen-bond donors (Lipinski definition) is 1. The van der Waals surface area contributed by atoms with Gasteiger partial charge < -0.3 is 10.1 Å². The van der Waals surface area contributed by atoms with Crippen molar-refractivity contribution in [1.82, 2.24) is 35.5 Å². The molecular weight excluding hydrogens is 373 g/mol. The van der Waals surface area contributed by atoms with Gasteiger partial charge >= 0.3 is 0 Å². The fourth-order valence-corrected chi connectivity index (χ4v) is 2.95. The maximum atomic E-state index is 14.3. The van der Waals surface area contributed by atoms with Crippen LogP contribution in [0.15, 0.2) is 36.8 Å². The lowest BCUT2D eigenvalue weighted by Crippen LogP contribution is -2.27. The average Bonchev–Trinajstić information content (AvgIpc) is 3.23. The highest BCUT2D eigenvalue weighted by molar-refractivity contribution is 5.85. The van der Waals surface area contributed by atoms with Crippen molar-refractivity contribution in [3.8, 4) is 11.4 Å². The highest BCUT2D eigenvalue weighted by Crippen LogP contribution is 2.23. The lowest BCUT2D eigenvalue weighted by Gasteiger charge is -2.21. The highest BCUT2D eigenvalue weighted by atomic mass is 35.5. The van der Waals surface area contributed by atoms with Gasteiger partial charge in [-0.1, -0.05) is 0 Å². The summed E-state index contributed by atoms with van der Waals surface area (Å²) in [4.78, 5) is 8.97. The van der Waals surface area contributed by atoms with E-state index < -0.39 is 5.82 Å². The fraction of sp³-hybridized carbons (Fsp3) is 0.353. The van der Waals surface area contributed by atoms with E-state index in [0.29, 0.717) is 11.6 Å². The number of nitrogens with zero attached hydrogens (tertiary/aromatic N) is 6. The molecule has 1 aliphatic rings. The summed E-state index contributed by atoms with van der Waals surface area (Å²) in [7, 11) is 0. The zero-order valence-electron chi connectivity index (χ0n) is 14.5. The topological polar surface area (TPSA) is 90.6 Å². The van der Waals surface area contributed by atoms with Gasteiger partial charge in [-0.05, 0) is 54.6 Å². The first-order valence-corrected chi connectivity index (χ1v) is 8.48. The van der Waals surface area contributed by atoms with Crippen molar-refractivity contribution < 1.29 is 9.13 Å². The number of nitrogens with one attached hydrogen (secondary N) is 1. The van der Waals surface area contributed by atoms with Gasteiger partial charge in [0.25, 0.3) is 0 Å². The van der Waals surface area contributed by atoms with Gasteiger partial charge in [0.15, 0.2) is 11.6 Å². The second-order valence-electron chi connectivity index (χ2n) is 6.09. The lowest BCUT2D eigenvalue weighted by atomic mass is 9.97. The third kappa shape index (κ3) is 4.55. The Bertz CT molecular complexity index is 871. The quantitative estimate of drug-likeness (QED) is 0.711. The molecule has 4 rings (SSSR count). The van der Waals surface area contributed by atoms with E-state index in [1.54, 1.807) is 24.4 Å². The van der Waals surface area contributed by atoms with Gasteiger partial charge in [0.2, 0.25) is 0 Å². The molecule has 2 aromatic heterocycles. The van der Waals surface area contributed by atoms with Gasteiger partial charge in [-0.3, -0.25) is 0 Å². The Morgan fingerprint density at radius 3 is 2.81 bits per heavy atom. The van der Waals surface area contributed by atoms with Gasteiger partial charge in [-0.15, -0.1) is 17.5 Å². The number of tetrazole rings is 1. The zero-order chi connectivity index (χ0) is 17.8. The van der Waals surface area contributed by atoms with Crippen molar-refractivity contribution in [2.24, 2.45) is 0 Å². The molecule has 0 saturated carbocycles. The molecule has 3 heterocycles. The minimum absolute atomic E-state index is 0. The Morgan fingerprint density at radius 2 is 2.07 bits per heavy atom. The Kier molecular flexibility index (Phi) is 6.25. The molecule has 142 valence electrons. The van der Waals surface area contributed by atoms with Crippen molar-refractivity contribution in [2.75, 3.05) is 13.1 Å². The Hall–Kier alpha value is -2.65. The molecule has 0 radical (unpaired) electrons. The monoisotopic (exact) mass is 391 g/mol. The lowest BCUT2D eigenvalue weighted by molar-refractivity contribution is 0.284. The van der Waals surface area contributed by atoms with Crippen LogP contribution in [0.5, 0.6) is 5.75 Å². The van der Waals surface area contributed by atoms with Gasteiger partial charge in [-0.25, -0.2) is 19.0 Å². The number of piperidine rings is 1. The average molecular weight is 392 g/mol. The molecular formula is C17H19ClFN7O. The minimum Gasteiger partial charge on any atom is -0.484 e. The van der Waals surface area contributed by atoms with E-state index >= 15 is 0 Å². The summed E-state index contributed by atoms with van der Waals surface area (Å²) < 4.78 is 21.2. The largest absolute Gasteiger partial charge is 0.484 e. The number of rotatable bonds is 5. The number of halogens is 2. The summed E-state index contributed by atoms with van der Waals surface area (Å²) in [6, 6.07) is 6.36. The molecule has 0 unspecified atom stereocenters. The van der Waals surface area contributed by atoms with E-state index in [2.05, 4.69) is 30.8 Å². The summed E-state index contributed by atoms with van der Waals surface area (Å²) in [5.41, 5.74) is 1.26. The van der Waals surface area contributed by atoms with Gasteiger partial charge in [-0.2, -0.15) is 0 Å². The molecule has 3 aromatic rings. The van der Waals surface area contributed by atoms with E-state index in [9.17, 15) is 4.39 Å². The molecule has 0 amide bonds. The van der Waals surface area contributed by atoms with Gasteiger partial charge in [0.05, 0.1) is 11.4 Å². The van der Waals surface area contributed by atoms with Crippen LogP contribution < -0.4 is 10.1 Å². The molecule has 1 saturated heterocycles. The van der Waals surface area contributed by atoms with E-state index in [0.717, 1.165) is 37.4 Å². The maximum absolute atomic E-state index is 14.3. The van der Waals surface area contributed by atoms with E-state index in [1.165, 1.54) is 17.1 Å². The third-order valence-electron chi connectivity index (χ3n) is 4.34. The molecule has 10 heteroatoms. The SMILES string of the molecule is Cl.Fc1cc(-n2cnnn2)ccc1OCc1ccnc(C2CCNCC2)n1. The van der Waals surface area contributed by atoms with Crippen molar-refractivity contribution in [3.05, 3.63) is 54.1 Å². The summed E-state index contributed by atoms with van der Waals surface area (Å²) in [5, 5.41) is 14.1. The predicted octanol–water partition coefficient (Wildman–Crippen LogP) is 2.06. The van der Waals surface area contributed by atoms with Crippen LogP contribution in [-0.2, 0) is 6.61 Å². The van der Waals surface area contributed by atoms with Crippen LogP contribution in [0.4, 0.5) is 4.39 Å². The van der Waals surface area contributed by atoms with Crippen LogP contribution in [0.1, 0.15) is 30.3 Å². The van der Waals surface area contributed by atoms with Crippen LogP contribution >= 0.6 is 12.4 Å². The van der Waals surface area contributed by atoms with Crippen LogP contribution in [0.3, 0.4) is 0 Å². The Balaban J connectivity index is 0.00000210. The normalized spacial score (nSPS) is 14.6. The maximum Gasteiger partial charge on any atom is 0.167 e. The first kappa shape index (κ1) is 19.1. The predicted molar refractivity (Wildman–Crippen MR) is 97.6 cm³/mol. The van der Waals surface area contributed by atoms with Crippen LogP contribution in [0.2, 0.25) is 0 Å². The Morgan fingerprint density at radius 1 is 1.22 bits per heavy atom. The third-order valence-corrected chi connectivity index (χ3v) is 4.34. The first-order valence-electron chi connectivity index (χ1n) is 8.48. The highest BCUT2D eigenvalue weighted by Gasteiger charge is 2.18. The van der Waals surface area contributed by atoms with E-state index in [-0.39, 0.29) is 24.8 Å². The molecule has 0 spiro atoms. The molecule has 8 nitrogen and oxygen atoms in total. The van der Waals surface area contributed by atoms with Crippen LogP contribution in [-0.4, -0.2) is 43.3 Å². The summed E-state index contributed by atoms with van der Waals surface area (Å²) in [6.07, 6.45) is 5.19. The molecule has 1 fully saturated rings. The fourth-order valence-electron chi connectivity index (χ4n) is 2.95. The molecule has 0 atom stereocenters. The number of ether oxygens (including phenoxy) is 1. The van der Waals surface area contributed by atoms with Crippen molar-refractivity contribution in [3.63, 3.8) is 0 Å². The smallest absolute Gasteiger partial charge is 0.167 e. The van der Waals surface area contributed by atoms with Gasteiger partial charge in [0, 0.05) is 18.2 Å². The summed E-state index contributed by atoms with van der Waals surface area (Å²) >= 11 is 0. The first-order chi connectivity index (χ1) is 12.8. The summed E-state index contributed by atoms with van der Waals surface area (Å²) in [5.74, 6) is 0.875. The standard InChI is InChI=1S/C17H18FN7O.ClH/c18-15-9-14(25-11-21-23-24-25)1-2-16(15)26-10-13-5-8-20-17(22-13)12-3-6-19-7-4-12;/h1-2,5,8-9,11-12,19H,3-4,6-7,10H2;1H. The van der Waals surface area contributed by atoms with E-state index in [1.807, 2.05) is 0 Å². The molecule has 0 bridgehead atoms. The molecule has 1 aliphatic heterocycles. The minimum atomic E-state index is -0.481. The zero-order valence-corrected chi connectivity index (χ0v) is 15.3. The Labute approximate surface area is 161 Å². The number of benzene rings is 1. The van der Waals surface area contributed by atoms with Crippen molar-refractivity contribution >= 4 is 12.4 Å². The number of aromatic nitrogens is 6. The molecule has 1 aromatic carbocycles. The molecule has 0 aliphatic carbocycles. The summed E-state index contributed by atoms with van der Waals surface area (Å²) in [6.45, 7) is 2.14.